The Morgan fingerprint density at radius 3 is 1.70 bits per heavy atom. The maximum atomic E-state index is 5.29. The maximum absolute atomic E-state index is 5.29. The lowest BCUT2D eigenvalue weighted by Crippen LogP contribution is -2.42. The van der Waals surface area contributed by atoms with Crippen LogP contribution in [0.1, 0.15) is 27.7 Å². The van der Waals surface area contributed by atoms with Crippen LogP contribution < -0.4 is 5.90 Å². The lowest BCUT2D eigenvalue weighted by Gasteiger charge is -2.29. The van der Waals surface area contributed by atoms with E-state index >= 15 is 0 Å². The summed E-state index contributed by atoms with van der Waals surface area (Å²) >= 11 is 0. The quantitative estimate of drug-likeness (QED) is 0.507. The summed E-state index contributed by atoms with van der Waals surface area (Å²) in [5.41, 5.74) is 0.632. The molecule has 0 fully saturated rings. The Bertz CT molecular complexity index is 83.3. The zero-order valence-electron chi connectivity index (χ0n) is 7.48. The Morgan fingerprint density at radius 2 is 1.70 bits per heavy atom. The van der Waals surface area contributed by atoms with Crippen LogP contribution in [-0.4, -0.2) is 8.32 Å². The molecule has 0 aliphatic carbocycles. The summed E-state index contributed by atoms with van der Waals surface area (Å²) in [6.45, 7) is 8.74. The summed E-state index contributed by atoms with van der Waals surface area (Å²) in [5, 5.41) is 0. The highest BCUT2D eigenvalue weighted by Gasteiger charge is 2.34. The molecule has 0 aromatic rings. The highest BCUT2D eigenvalue weighted by molar-refractivity contribution is 6.74. The second-order valence-corrected chi connectivity index (χ2v) is 7.98. The van der Waals surface area contributed by atoms with Crippen LogP contribution >= 0.6 is 0 Å². The van der Waals surface area contributed by atoms with Crippen LogP contribution in [0.25, 0.3) is 0 Å². The molecule has 0 saturated heterocycles. The molecule has 0 aliphatic rings. The zero-order chi connectivity index (χ0) is 8.20. The molecule has 0 saturated carbocycles. The van der Waals surface area contributed by atoms with Gasteiger partial charge in [0.2, 0.25) is 8.32 Å². The third kappa shape index (κ3) is 1.81. The molecule has 0 aliphatic heterocycles. The van der Waals surface area contributed by atoms with Crippen molar-refractivity contribution in [1.29, 1.82) is 0 Å². The molecule has 0 rings (SSSR count). The first-order valence-corrected chi connectivity index (χ1v) is 6.40. The highest BCUT2D eigenvalue weighted by Crippen LogP contribution is 2.27. The molecule has 0 atom stereocenters. The molecule has 10 heavy (non-hydrogen) atoms. The Morgan fingerprint density at radius 1 is 1.30 bits per heavy atom. The lowest BCUT2D eigenvalue weighted by atomic mass is 10.6. The maximum Gasteiger partial charge on any atom is 0.222 e. The van der Waals surface area contributed by atoms with Crippen LogP contribution in [0, 0.1) is 0 Å². The van der Waals surface area contributed by atoms with E-state index in [1.807, 2.05) is 0 Å². The van der Waals surface area contributed by atoms with Crippen LogP contribution in [0.2, 0.25) is 17.6 Å². The van der Waals surface area contributed by atoms with Crippen molar-refractivity contribution in [2.75, 3.05) is 0 Å². The van der Waals surface area contributed by atoms with E-state index in [-0.39, 0.29) is 0 Å². The van der Waals surface area contributed by atoms with Crippen molar-refractivity contribution in [2.45, 2.75) is 45.3 Å². The minimum atomic E-state index is -1.52. The summed E-state index contributed by atoms with van der Waals surface area (Å²) in [7, 11) is -1.52. The second kappa shape index (κ2) is 4.11. The molecular formula is C7H19NOSi. The van der Waals surface area contributed by atoms with Crippen LogP contribution in [0.15, 0.2) is 0 Å². The van der Waals surface area contributed by atoms with Crippen molar-refractivity contribution in [3.05, 3.63) is 0 Å². The Hall–Kier alpha value is 0.137. The third-order valence-corrected chi connectivity index (χ3v) is 7.45. The summed E-state index contributed by atoms with van der Waals surface area (Å²) in [4.78, 5) is 0. The lowest BCUT2D eigenvalue weighted by molar-refractivity contribution is 0.306. The molecule has 0 bridgehead atoms. The Balaban J connectivity index is 4.15. The van der Waals surface area contributed by atoms with Crippen molar-refractivity contribution in [3.8, 4) is 0 Å². The zero-order valence-corrected chi connectivity index (χ0v) is 8.48. The molecule has 0 aromatic carbocycles. The predicted octanol–water partition coefficient (Wildman–Crippen LogP) is 2.27. The largest absolute Gasteiger partial charge is 0.348 e. The van der Waals surface area contributed by atoms with Crippen molar-refractivity contribution >= 4 is 8.32 Å². The fourth-order valence-electron chi connectivity index (χ4n) is 1.37. The van der Waals surface area contributed by atoms with E-state index in [1.54, 1.807) is 0 Å². The average Bonchev–Trinajstić information content (AvgIpc) is 1.92. The summed E-state index contributed by atoms with van der Waals surface area (Å²) in [6, 6.07) is 2.25. The van der Waals surface area contributed by atoms with Crippen molar-refractivity contribution < 1.29 is 4.53 Å². The van der Waals surface area contributed by atoms with Gasteiger partial charge in [-0.15, -0.1) is 0 Å². The molecule has 2 N–H and O–H groups in total. The predicted molar refractivity (Wildman–Crippen MR) is 47.1 cm³/mol. The van der Waals surface area contributed by atoms with E-state index in [9.17, 15) is 0 Å². The van der Waals surface area contributed by atoms with E-state index < -0.39 is 8.32 Å². The van der Waals surface area contributed by atoms with E-state index in [0.717, 1.165) is 12.1 Å². The number of hydrogen-bond acceptors (Lipinski definition) is 2. The topological polar surface area (TPSA) is 35.2 Å². The SMILES string of the molecule is CC[Si](CC)(ON)C(C)C. The molecule has 3 heteroatoms. The van der Waals surface area contributed by atoms with Gasteiger partial charge in [-0.05, 0) is 17.6 Å². The molecule has 2 nitrogen and oxygen atoms in total. The third-order valence-electron chi connectivity index (χ3n) is 2.48. The summed E-state index contributed by atoms with van der Waals surface area (Å²) in [6.07, 6.45) is 0. The smallest absolute Gasteiger partial charge is 0.222 e. The molecule has 0 amide bonds. The van der Waals surface area contributed by atoms with Crippen molar-refractivity contribution in [3.63, 3.8) is 0 Å². The van der Waals surface area contributed by atoms with Gasteiger partial charge in [0, 0.05) is 0 Å². The fraction of sp³-hybridized carbons (Fsp3) is 1.00. The van der Waals surface area contributed by atoms with Gasteiger partial charge >= 0.3 is 0 Å². The molecule has 0 heterocycles. The number of rotatable bonds is 4. The van der Waals surface area contributed by atoms with Crippen LogP contribution in [0.3, 0.4) is 0 Å². The van der Waals surface area contributed by atoms with Gasteiger partial charge in [-0.2, -0.15) is 0 Å². The van der Waals surface area contributed by atoms with Gasteiger partial charge < -0.3 is 4.53 Å². The van der Waals surface area contributed by atoms with E-state index in [4.69, 9.17) is 10.4 Å². The first kappa shape index (κ1) is 10.1. The minimum absolute atomic E-state index is 0.632. The molecule has 62 valence electrons. The van der Waals surface area contributed by atoms with Crippen LogP contribution in [0.5, 0.6) is 0 Å². The first-order chi connectivity index (χ1) is 4.63. The number of nitrogens with two attached hydrogens (primary N) is 1. The highest BCUT2D eigenvalue weighted by atomic mass is 28.4. The molecular weight excluding hydrogens is 142 g/mol. The van der Waals surface area contributed by atoms with Crippen LogP contribution in [-0.2, 0) is 4.53 Å². The standard InChI is InChI=1S/C7H19NOSi/c1-5-10(6-2,9-8)7(3)4/h7H,5-6,8H2,1-4H3. The average molecular weight is 161 g/mol. The minimum Gasteiger partial charge on any atom is -0.348 e. The molecule has 0 aromatic heterocycles. The van der Waals surface area contributed by atoms with E-state index in [2.05, 4.69) is 27.7 Å². The van der Waals surface area contributed by atoms with Gasteiger partial charge in [-0.1, -0.05) is 27.7 Å². The Labute approximate surface area is 64.8 Å². The fourth-order valence-corrected chi connectivity index (χ4v) is 4.11. The monoisotopic (exact) mass is 161 g/mol. The van der Waals surface area contributed by atoms with Crippen molar-refractivity contribution in [1.82, 2.24) is 0 Å². The normalized spacial score (nSPS) is 12.6. The molecule has 0 radical (unpaired) electrons. The first-order valence-electron chi connectivity index (χ1n) is 4.00. The second-order valence-electron chi connectivity index (χ2n) is 3.04. The number of hydrogen-bond donors (Lipinski definition) is 1. The Kier molecular flexibility index (Phi) is 4.16. The molecule has 0 spiro atoms. The molecule has 0 unspecified atom stereocenters. The van der Waals surface area contributed by atoms with Gasteiger partial charge in [-0.3, -0.25) is 0 Å². The van der Waals surface area contributed by atoms with Gasteiger partial charge in [-0.25, -0.2) is 5.90 Å². The van der Waals surface area contributed by atoms with Gasteiger partial charge in [0.05, 0.1) is 0 Å². The van der Waals surface area contributed by atoms with Crippen molar-refractivity contribution in [2.24, 2.45) is 5.90 Å². The van der Waals surface area contributed by atoms with Gasteiger partial charge in [0.1, 0.15) is 0 Å². The van der Waals surface area contributed by atoms with Gasteiger partial charge in [0.15, 0.2) is 0 Å². The summed E-state index contributed by atoms with van der Waals surface area (Å²) in [5.74, 6) is 5.29. The van der Waals surface area contributed by atoms with Gasteiger partial charge in [0.25, 0.3) is 0 Å². The van der Waals surface area contributed by atoms with E-state index in [1.165, 1.54) is 0 Å². The van der Waals surface area contributed by atoms with E-state index in [0.29, 0.717) is 5.54 Å². The van der Waals surface area contributed by atoms with Crippen LogP contribution in [0.4, 0.5) is 0 Å². The summed E-state index contributed by atoms with van der Waals surface area (Å²) < 4.78 is 5.14.